The van der Waals surface area contributed by atoms with Crippen molar-refractivity contribution < 1.29 is 18.8 Å². The molecule has 42 heavy (non-hydrogen) atoms. The van der Waals surface area contributed by atoms with Gasteiger partial charge in [0.05, 0.1) is 16.9 Å². The summed E-state index contributed by atoms with van der Waals surface area (Å²) in [5.41, 5.74) is 8.17. The van der Waals surface area contributed by atoms with Crippen LogP contribution in [0.3, 0.4) is 0 Å². The Hall–Kier alpha value is -4.33. The molecule has 0 radical (unpaired) electrons. The Balaban J connectivity index is 1.31. The second-order valence-electron chi connectivity index (χ2n) is 11.2. The number of piperidine rings is 1. The highest BCUT2D eigenvalue weighted by molar-refractivity contribution is 9.10. The molecule has 0 aromatic carbocycles. The molecule has 5 heterocycles. The lowest BCUT2D eigenvalue weighted by Gasteiger charge is -2.27. The number of fused-ring (bicyclic) bond motifs is 2. The number of rotatable bonds is 6. The molecule has 1 saturated heterocycles. The average Bonchev–Trinajstić information content (AvgIpc) is 3.28. The van der Waals surface area contributed by atoms with E-state index < -0.39 is 23.7 Å². The van der Waals surface area contributed by atoms with Crippen molar-refractivity contribution in [3.8, 4) is 11.3 Å². The van der Waals surface area contributed by atoms with Crippen LogP contribution in [0.4, 0.5) is 10.2 Å². The van der Waals surface area contributed by atoms with Crippen LogP contribution in [0, 0.1) is 32.0 Å². The van der Waals surface area contributed by atoms with Gasteiger partial charge in [0.15, 0.2) is 11.5 Å². The van der Waals surface area contributed by atoms with Crippen LogP contribution >= 0.6 is 15.9 Å². The second kappa shape index (κ2) is 9.89. The predicted octanol–water partition coefficient (Wildman–Crippen LogP) is 3.23. The lowest BCUT2D eigenvalue weighted by atomic mass is 10.0. The lowest BCUT2D eigenvalue weighted by Crippen LogP contribution is -2.47. The maximum atomic E-state index is 13.9. The minimum absolute atomic E-state index is 0.00740. The number of aromatic nitrogens is 6. The summed E-state index contributed by atoms with van der Waals surface area (Å²) in [7, 11) is 0. The predicted molar refractivity (Wildman–Crippen MR) is 154 cm³/mol. The highest BCUT2D eigenvalue weighted by atomic mass is 79.9. The molecule has 4 aromatic rings. The van der Waals surface area contributed by atoms with Gasteiger partial charge in [-0.3, -0.25) is 24.0 Å². The zero-order chi connectivity index (χ0) is 30.1. The number of carbonyl (C=O) groups is 3. The van der Waals surface area contributed by atoms with Gasteiger partial charge in [-0.15, -0.1) is 0 Å². The van der Waals surface area contributed by atoms with Crippen LogP contribution in [0.25, 0.3) is 22.2 Å². The number of hydrogen-bond acceptors (Lipinski definition) is 8. The summed E-state index contributed by atoms with van der Waals surface area (Å²) in [5.74, 6) is -1.20. The molecular weight excluding hydrogens is 609 g/mol. The van der Waals surface area contributed by atoms with Gasteiger partial charge in [0.1, 0.15) is 28.8 Å². The molecule has 12 nitrogen and oxygen atoms in total. The summed E-state index contributed by atoms with van der Waals surface area (Å²) in [5, 5.41) is 7.62. The minimum Gasteiger partial charge on any atom is -0.364 e. The number of anilines is 1. The minimum atomic E-state index is -0.754. The van der Waals surface area contributed by atoms with Gasteiger partial charge in [0.2, 0.25) is 11.8 Å². The first-order valence-corrected chi connectivity index (χ1v) is 14.1. The Morgan fingerprint density at radius 2 is 1.86 bits per heavy atom. The molecule has 3 atom stereocenters. The maximum Gasteiger partial charge on any atom is 0.269 e. The fourth-order valence-corrected chi connectivity index (χ4v) is 6.11. The Morgan fingerprint density at radius 1 is 1.14 bits per heavy atom. The number of halogens is 2. The Kier molecular flexibility index (Phi) is 6.55. The third-order valence-electron chi connectivity index (χ3n) is 8.09. The molecule has 2 aliphatic rings. The van der Waals surface area contributed by atoms with Crippen LogP contribution in [0.5, 0.6) is 0 Å². The van der Waals surface area contributed by atoms with E-state index in [0.29, 0.717) is 45.7 Å². The number of hydrogen-bond donors (Lipinski definition) is 2. The van der Waals surface area contributed by atoms with Crippen LogP contribution in [-0.2, 0) is 16.1 Å². The van der Waals surface area contributed by atoms with E-state index in [1.807, 2.05) is 6.92 Å². The summed E-state index contributed by atoms with van der Waals surface area (Å²) in [6.45, 7) is 6.99. The molecule has 1 saturated carbocycles. The summed E-state index contributed by atoms with van der Waals surface area (Å²) in [6.07, 6.45) is 4.53. The largest absolute Gasteiger partial charge is 0.364 e. The first-order valence-electron chi connectivity index (χ1n) is 13.3. The average molecular weight is 636 g/mol. The van der Waals surface area contributed by atoms with Crippen molar-refractivity contribution >= 4 is 50.4 Å². The molecule has 3 amide bonds. The third-order valence-corrected chi connectivity index (χ3v) is 8.64. The van der Waals surface area contributed by atoms with E-state index in [4.69, 9.17) is 5.73 Å². The van der Waals surface area contributed by atoms with Crippen LogP contribution < -0.4 is 11.1 Å². The first-order chi connectivity index (χ1) is 19.9. The quantitative estimate of drug-likeness (QED) is 0.305. The van der Waals surface area contributed by atoms with Crippen molar-refractivity contribution in [1.29, 1.82) is 0 Å². The molecule has 4 aromatic heterocycles. The number of carbonyl (C=O) groups excluding carboxylic acids is 3. The number of nitrogens with one attached hydrogen (secondary N) is 1. The monoisotopic (exact) mass is 635 g/mol. The molecule has 1 aliphatic carbocycles. The number of pyridine rings is 2. The van der Waals surface area contributed by atoms with Crippen LogP contribution in [0.1, 0.15) is 47.3 Å². The number of likely N-dealkylation sites (tertiary alicyclic amines) is 1. The fourth-order valence-electron chi connectivity index (χ4n) is 5.82. The topological polar surface area (TPSA) is 162 Å². The van der Waals surface area contributed by atoms with E-state index in [2.05, 4.69) is 46.3 Å². The molecule has 3 N–H and O–H groups in total. The lowest BCUT2D eigenvalue weighted by molar-refractivity contribution is -0.138. The van der Waals surface area contributed by atoms with Crippen LogP contribution in [0.2, 0.25) is 0 Å². The van der Waals surface area contributed by atoms with Gasteiger partial charge >= 0.3 is 0 Å². The summed E-state index contributed by atoms with van der Waals surface area (Å²) in [6, 6.07) is 2.09. The highest BCUT2D eigenvalue weighted by Crippen LogP contribution is 2.59. The Labute approximate surface area is 248 Å². The van der Waals surface area contributed by atoms with Gasteiger partial charge < -0.3 is 16.0 Å². The number of nitrogens with two attached hydrogens (primary N) is 1. The summed E-state index contributed by atoms with van der Waals surface area (Å²) in [4.78, 5) is 58.5. The zero-order valence-corrected chi connectivity index (χ0v) is 24.9. The molecule has 216 valence electrons. The molecule has 0 bridgehead atoms. The number of nitrogens with zero attached hydrogens (tertiary/aromatic N) is 7. The number of amides is 3. The SMILES string of the molecule is Cc1ncc(-c2cc3c(C(N)=O)nn(CC(=O)N4[C@H](C(=O)Nc5nc(Br)c(F)cc5C)C[C@@]5(C)C[C@@H]45)c3c(C)n2)cn1. The smallest absolute Gasteiger partial charge is 0.269 e. The van der Waals surface area contributed by atoms with E-state index >= 15 is 0 Å². The molecule has 0 spiro atoms. The van der Waals surface area contributed by atoms with Crippen LogP contribution in [-0.4, -0.2) is 64.4 Å². The van der Waals surface area contributed by atoms with E-state index in [9.17, 15) is 18.8 Å². The van der Waals surface area contributed by atoms with Crippen molar-refractivity contribution in [3.05, 3.63) is 57.7 Å². The second-order valence-corrected chi connectivity index (χ2v) is 11.9. The molecular formula is C28H27BrFN9O3. The Morgan fingerprint density at radius 3 is 2.55 bits per heavy atom. The normalized spacial score (nSPS) is 21.0. The first kappa shape index (κ1) is 27.8. The van der Waals surface area contributed by atoms with Crippen molar-refractivity contribution in [2.45, 2.75) is 59.2 Å². The van der Waals surface area contributed by atoms with E-state index in [-0.39, 0.29) is 40.0 Å². The van der Waals surface area contributed by atoms with Gasteiger partial charge in [-0.25, -0.2) is 19.3 Å². The molecule has 14 heteroatoms. The van der Waals surface area contributed by atoms with Gasteiger partial charge in [-0.05, 0) is 72.7 Å². The van der Waals surface area contributed by atoms with Crippen molar-refractivity contribution in [1.82, 2.24) is 34.6 Å². The highest BCUT2D eigenvalue weighted by Gasteiger charge is 2.64. The van der Waals surface area contributed by atoms with Crippen molar-refractivity contribution in [2.75, 3.05) is 5.32 Å². The fraction of sp³-hybridized carbons (Fsp3) is 0.357. The van der Waals surface area contributed by atoms with E-state index in [1.54, 1.807) is 44.1 Å². The van der Waals surface area contributed by atoms with Gasteiger partial charge in [-0.1, -0.05) is 6.92 Å². The number of aryl methyl sites for hydroxylation is 3. The van der Waals surface area contributed by atoms with Gasteiger partial charge in [0.25, 0.3) is 5.91 Å². The molecule has 0 unspecified atom stereocenters. The summed E-state index contributed by atoms with van der Waals surface area (Å²) < 4.78 is 15.3. The maximum absolute atomic E-state index is 13.9. The zero-order valence-electron chi connectivity index (χ0n) is 23.3. The third kappa shape index (κ3) is 4.68. The summed E-state index contributed by atoms with van der Waals surface area (Å²) >= 11 is 3.05. The molecule has 2 fully saturated rings. The van der Waals surface area contributed by atoms with Crippen molar-refractivity contribution in [3.63, 3.8) is 0 Å². The standard InChI is InChI=1S/C28H27BrFN9O3/c1-12-5-17(30)24(29)35-26(12)36-27(42)19-7-28(4)8-20(28)39(19)21(40)11-38-23-13(2)34-18(15-9-32-14(3)33-10-15)6-16(23)22(37-38)25(31)41/h5-6,9-10,19-20H,7-8,11H2,1-4H3,(H2,31,41)(H,35,36,42)/t19-,20+,28-/m0/s1. The van der Waals surface area contributed by atoms with Gasteiger partial charge in [0, 0.05) is 29.4 Å². The number of primary amides is 1. The van der Waals surface area contributed by atoms with Crippen molar-refractivity contribution in [2.24, 2.45) is 11.1 Å². The molecule has 1 aliphatic heterocycles. The van der Waals surface area contributed by atoms with Crippen LogP contribution in [0.15, 0.2) is 29.1 Å². The van der Waals surface area contributed by atoms with Gasteiger partial charge in [-0.2, -0.15) is 5.10 Å². The van der Waals surface area contributed by atoms with E-state index in [1.165, 1.54) is 10.7 Å². The Bertz CT molecular complexity index is 1810. The van der Waals surface area contributed by atoms with E-state index in [0.717, 1.165) is 6.42 Å². The molecule has 6 rings (SSSR count).